The number of rotatable bonds is 58. The first kappa shape index (κ1) is 70.7. The van der Waals surface area contributed by atoms with Gasteiger partial charge in [0.2, 0.25) is 5.91 Å². The number of nitrogens with one attached hydrogen (secondary N) is 1. The van der Waals surface area contributed by atoms with Crippen molar-refractivity contribution in [1.82, 2.24) is 5.32 Å². The van der Waals surface area contributed by atoms with E-state index in [1.807, 2.05) is 27.2 Å². The van der Waals surface area contributed by atoms with Crippen molar-refractivity contribution in [2.75, 3.05) is 40.9 Å². The topological polar surface area (TPSA) is 105 Å². The van der Waals surface area contributed by atoms with Crippen LogP contribution < -0.4 is 5.32 Å². The number of hydrogen-bond donors (Lipinski definition) is 3. The van der Waals surface area contributed by atoms with Crippen LogP contribution in [-0.2, 0) is 18.4 Å². The summed E-state index contributed by atoms with van der Waals surface area (Å²) in [6.45, 7) is 4.83. The standard InChI is InChI=1S/C63H123N2O6P/c1-6-8-10-12-14-16-18-20-21-22-23-24-25-26-27-28-29-30-31-32-33-34-35-36-37-38-39-40-41-42-43-45-47-49-51-53-55-57-63(67)64-61(60-71-72(68,69)70-59-58-65(3,4)5)62(66)56-54-52-50-48-46-44-19-17-15-13-11-9-7-2/h18,20,22-23,54,56,61-62,66H,6-17,19,21,24-53,55,57-60H2,1-5H3,(H-,64,67,68,69)/p+1/b20-18-,23-22-,56-54+. The van der Waals surface area contributed by atoms with Gasteiger partial charge in [-0.1, -0.05) is 288 Å². The Morgan fingerprint density at radius 3 is 1.14 bits per heavy atom. The molecule has 0 spiro atoms. The lowest BCUT2D eigenvalue weighted by molar-refractivity contribution is -0.870. The SMILES string of the molecule is CCCCCCC/C=C\C/C=C\CCCCCCCCCCCCCCCCCCCCCCCCCCCC(=O)NC(COP(=O)(O)OCC[N+](C)(C)C)C(O)/C=C/CCCCCCCCCCCCC. The monoisotopic (exact) mass is 1040 g/mol. The number of hydrogen-bond acceptors (Lipinski definition) is 5. The minimum Gasteiger partial charge on any atom is -0.387 e. The second-order valence-electron chi connectivity index (χ2n) is 22.8. The zero-order chi connectivity index (χ0) is 52.7. The van der Waals surface area contributed by atoms with Crippen molar-refractivity contribution in [3.05, 3.63) is 36.5 Å². The normalized spacial score (nSPS) is 14.0. The number of aliphatic hydroxyl groups excluding tert-OH is 1. The highest BCUT2D eigenvalue weighted by Gasteiger charge is 2.27. The van der Waals surface area contributed by atoms with Crippen LogP contribution in [0.1, 0.15) is 309 Å². The molecule has 0 radical (unpaired) electrons. The first-order chi connectivity index (χ1) is 35.0. The van der Waals surface area contributed by atoms with E-state index in [9.17, 15) is 19.4 Å². The van der Waals surface area contributed by atoms with E-state index in [-0.39, 0.29) is 19.1 Å². The van der Waals surface area contributed by atoms with E-state index in [1.54, 1.807) is 6.08 Å². The minimum atomic E-state index is -4.34. The van der Waals surface area contributed by atoms with Crippen LogP contribution in [0.15, 0.2) is 36.5 Å². The molecule has 3 N–H and O–H groups in total. The van der Waals surface area contributed by atoms with E-state index in [0.29, 0.717) is 17.4 Å². The van der Waals surface area contributed by atoms with Gasteiger partial charge in [0, 0.05) is 6.42 Å². The Bertz CT molecular complexity index is 1270. The fourth-order valence-corrected chi connectivity index (χ4v) is 10.2. The van der Waals surface area contributed by atoms with Gasteiger partial charge in [-0.2, -0.15) is 0 Å². The molecule has 0 aliphatic carbocycles. The molecule has 9 heteroatoms. The highest BCUT2D eigenvalue weighted by Crippen LogP contribution is 2.43. The summed E-state index contributed by atoms with van der Waals surface area (Å²) >= 11 is 0. The number of allylic oxidation sites excluding steroid dienone is 5. The lowest BCUT2D eigenvalue weighted by Crippen LogP contribution is -2.45. The molecule has 0 saturated heterocycles. The van der Waals surface area contributed by atoms with Crippen LogP contribution in [0.4, 0.5) is 0 Å². The van der Waals surface area contributed by atoms with Gasteiger partial charge in [-0.3, -0.25) is 13.8 Å². The summed E-state index contributed by atoms with van der Waals surface area (Å²) in [7, 11) is 1.58. The molecule has 0 aliphatic rings. The number of phosphoric ester groups is 1. The van der Waals surface area contributed by atoms with Gasteiger partial charge in [-0.15, -0.1) is 0 Å². The van der Waals surface area contributed by atoms with Gasteiger partial charge in [0.25, 0.3) is 0 Å². The van der Waals surface area contributed by atoms with Crippen LogP contribution in [0.5, 0.6) is 0 Å². The summed E-state index contributed by atoms with van der Waals surface area (Å²) in [5, 5.41) is 13.9. The van der Waals surface area contributed by atoms with Gasteiger partial charge in [-0.25, -0.2) is 4.57 Å². The molecule has 0 aromatic rings. The van der Waals surface area contributed by atoms with Gasteiger partial charge in [0.15, 0.2) is 0 Å². The lowest BCUT2D eigenvalue weighted by atomic mass is 10.0. The third-order valence-corrected chi connectivity index (χ3v) is 15.3. The molecule has 0 aliphatic heterocycles. The molecule has 0 rings (SSSR count). The van der Waals surface area contributed by atoms with Crippen LogP contribution in [0.2, 0.25) is 0 Å². The molecule has 0 aromatic heterocycles. The Kier molecular flexibility index (Phi) is 53.5. The Balaban J connectivity index is 3.89. The quantitative estimate of drug-likeness (QED) is 0.0243. The molecule has 0 aromatic carbocycles. The first-order valence-corrected chi connectivity index (χ1v) is 32.9. The summed E-state index contributed by atoms with van der Waals surface area (Å²) in [6, 6.07) is -0.843. The molecule has 0 fully saturated rings. The summed E-state index contributed by atoms with van der Waals surface area (Å²) in [5.41, 5.74) is 0. The Hall–Kier alpha value is -1.28. The average Bonchev–Trinajstić information content (AvgIpc) is 3.34. The van der Waals surface area contributed by atoms with Crippen molar-refractivity contribution in [1.29, 1.82) is 0 Å². The van der Waals surface area contributed by atoms with Crippen molar-refractivity contribution in [2.45, 2.75) is 321 Å². The number of amides is 1. The maximum Gasteiger partial charge on any atom is 0.472 e. The average molecular weight is 1040 g/mol. The maximum atomic E-state index is 13.0. The number of unbranched alkanes of at least 4 members (excludes halogenated alkanes) is 41. The van der Waals surface area contributed by atoms with Crippen molar-refractivity contribution in [2.24, 2.45) is 0 Å². The van der Waals surface area contributed by atoms with E-state index >= 15 is 0 Å². The third-order valence-electron chi connectivity index (χ3n) is 14.4. The molecular formula is C63H124N2O6P+. The first-order valence-electron chi connectivity index (χ1n) is 31.4. The van der Waals surface area contributed by atoms with Gasteiger partial charge >= 0.3 is 7.82 Å². The van der Waals surface area contributed by atoms with Crippen LogP contribution in [0.25, 0.3) is 0 Å². The fourth-order valence-electron chi connectivity index (χ4n) is 9.43. The van der Waals surface area contributed by atoms with Crippen LogP contribution in [0, 0.1) is 0 Å². The summed E-state index contributed by atoms with van der Waals surface area (Å²) in [5.74, 6) is -0.172. The van der Waals surface area contributed by atoms with Gasteiger partial charge in [-0.05, 0) is 51.4 Å². The predicted molar refractivity (Wildman–Crippen MR) is 314 cm³/mol. The zero-order valence-electron chi connectivity index (χ0n) is 48.7. The number of likely N-dealkylation sites (N-methyl/N-ethyl adjacent to an activating group) is 1. The van der Waals surface area contributed by atoms with Crippen LogP contribution in [0.3, 0.4) is 0 Å². The number of nitrogens with zero attached hydrogens (tertiary/aromatic N) is 1. The molecule has 8 nitrogen and oxygen atoms in total. The van der Waals surface area contributed by atoms with Gasteiger partial charge in [0.1, 0.15) is 13.2 Å². The molecule has 1 amide bonds. The van der Waals surface area contributed by atoms with Crippen LogP contribution in [-0.4, -0.2) is 73.4 Å². The van der Waals surface area contributed by atoms with Crippen molar-refractivity contribution >= 4 is 13.7 Å². The van der Waals surface area contributed by atoms with Crippen molar-refractivity contribution in [3.63, 3.8) is 0 Å². The number of carbonyl (C=O) groups excluding carboxylic acids is 1. The molecule has 0 heterocycles. The number of carbonyl (C=O) groups is 1. The third kappa shape index (κ3) is 56.4. The predicted octanol–water partition coefficient (Wildman–Crippen LogP) is 19.3. The molecule has 3 atom stereocenters. The van der Waals surface area contributed by atoms with E-state index in [0.717, 1.165) is 44.9 Å². The molecule has 3 unspecified atom stereocenters. The molecule has 0 bridgehead atoms. The second-order valence-corrected chi connectivity index (χ2v) is 24.2. The van der Waals surface area contributed by atoms with Crippen molar-refractivity contribution < 1.29 is 32.9 Å². The number of aliphatic hydroxyl groups is 1. The van der Waals surface area contributed by atoms with Crippen LogP contribution >= 0.6 is 7.82 Å². The van der Waals surface area contributed by atoms with E-state index in [4.69, 9.17) is 9.05 Å². The summed E-state index contributed by atoms with van der Waals surface area (Å²) in [6.07, 6.45) is 71.4. The smallest absolute Gasteiger partial charge is 0.387 e. The molecule has 0 saturated carbocycles. The van der Waals surface area contributed by atoms with E-state index in [1.165, 1.54) is 244 Å². The van der Waals surface area contributed by atoms with Gasteiger partial charge < -0.3 is 19.8 Å². The Labute approximate surface area is 448 Å². The Morgan fingerprint density at radius 1 is 0.472 bits per heavy atom. The fraction of sp³-hybridized carbons (Fsp3) is 0.889. The highest BCUT2D eigenvalue weighted by atomic mass is 31.2. The Morgan fingerprint density at radius 2 is 0.792 bits per heavy atom. The summed E-state index contributed by atoms with van der Waals surface area (Å²) < 4.78 is 23.7. The largest absolute Gasteiger partial charge is 0.472 e. The lowest BCUT2D eigenvalue weighted by Gasteiger charge is -2.25. The summed E-state index contributed by atoms with van der Waals surface area (Å²) in [4.78, 5) is 23.3. The highest BCUT2D eigenvalue weighted by molar-refractivity contribution is 7.47. The second kappa shape index (κ2) is 54.5. The zero-order valence-corrected chi connectivity index (χ0v) is 49.6. The minimum absolute atomic E-state index is 0.0636. The van der Waals surface area contributed by atoms with Crippen molar-refractivity contribution in [3.8, 4) is 0 Å². The number of quaternary nitrogens is 1. The molecular weight excluding hydrogens is 912 g/mol. The maximum absolute atomic E-state index is 13.0. The van der Waals surface area contributed by atoms with Gasteiger partial charge in [0.05, 0.1) is 39.9 Å². The number of phosphoric acid groups is 1. The van der Waals surface area contributed by atoms with E-state index < -0.39 is 20.0 Å². The molecule has 72 heavy (non-hydrogen) atoms. The van der Waals surface area contributed by atoms with E-state index in [2.05, 4.69) is 43.5 Å². The molecule has 426 valence electrons.